The normalized spacial score (nSPS) is 19.5. The first-order valence-corrected chi connectivity index (χ1v) is 23.1. The summed E-state index contributed by atoms with van der Waals surface area (Å²) in [6.45, 7) is 0.758. The number of hydrogen-bond acceptors (Lipinski definition) is 9. The van der Waals surface area contributed by atoms with Gasteiger partial charge in [0.05, 0.1) is 35.4 Å². The van der Waals surface area contributed by atoms with Crippen LogP contribution in [0.15, 0.2) is 60.7 Å². The van der Waals surface area contributed by atoms with Gasteiger partial charge in [0.15, 0.2) is 11.6 Å². The molecule has 0 bridgehead atoms. The fourth-order valence-corrected chi connectivity index (χ4v) is 9.99. The molecule has 2 saturated carbocycles. The van der Waals surface area contributed by atoms with Crippen molar-refractivity contribution in [1.82, 2.24) is 15.5 Å². The van der Waals surface area contributed by atoms with Crippen molar-refractivity contribution < 1.29 is 24.0 Å². The van der Waals surface area contributed by atoms with Crippen LogP contribution in [0.25, 0.3) is 10.8 Å². The summed E-state index contributed by atoms with van der Waals surface area (Å²) in [7, 11) is 1.72. The van der Waals surface area contributed by atoms with E-state index in [4.69, 9.17) is 17.2 Å². The van der Waals surface area contributed by atoms with Crippen LogP contribution in [0.3, 0.4) is 0 Å². The summed E-state index contributed by atoms with van der Waals surface area (Å²) in [4.78, 5) is 74.2. The highest BCUT2D eigenvalue weighted by Crippen LogP contribution is 2.37. The van der Waals surface area contributed by atoms with E-state index in [9.17, 15) is 19.2 Å². The lowest BCUT2D eigenvalue weighted by Crippen LogP contribution is -2.55. The third kappa shape index (κ3) is 11.9. The Bertz CT molecular complexity index is 1960. The molecule has 9 N–H and O–H groups in total. The Hall–Kier alpha value is -4.49. The quantitative estimate of drug-likeness (QED) is 0.0568. The highest BCUT2D eigenvalue weighted by Gasteiger charge is 2.41. The molecule has 1 saturated heterocycles. The molecule has 0 radical (unpaired) electrons. The number of nitrogens with zero attached hydrogens (tertiary/aromatic N) is 1. The Morgan fingerprint density at radius 2 is 1.38 bits per heavy atom. The first kappa shape index (κ1) is 46.0. The van der Waals surface area contributed by atoms with Gasteiger partial charge in [0.2, 0.25) is 17.7 Å². The summed E-state index contributed by atoms with van der Waals surface area (Å²) in [6.07, 6.45) is 14.9. The molecule has 0 aromatic heterocycles. The van der Waals surface area contributed by atoms with E-state index in [0.29, 0.717) is 87.1 Å². The van der Waals surface area contributed by atoms with E-state index >= 15 is 4.79 Å². The average molecular weight is 836 g/mol. The molecule has 3 fully saturated rings. The Kier molecular flexibility index (Phi) is 17.0. The molecule has 6 rings (SSSR count). The molecule has 3 aromatic carbocycles. The molecular weight excluding hydrogens is 767 g/mol. The van der Waals surface area contributed by atoms with Gasteiger partial charge >= 0.3 is 0 Å². The van der Waals surface area contributed by atoms with Crippen LogP contribution in [-0.2, 0) is 20.8 Å². The predicted octanol–water partition coefficient (Wildman–Crippen LogP) is 6.17. The minimum Gasteiger partial charge on any atom is -0.343 e. The zero-order valence-electron chi connectivity index (χ0n) is 36.2. The van der Waals surface area contributed by atoms with Gasteiger partial charge in [-0.2, -0.15) is 0 Å². The molecule has 3 aromatic rings. The van der Waals surface area contributed by atoms with E-state index in [2.05, 4.69) is 16.0 Å². The van der Waals surface area contributed by atoms with Crippen molar-refractivity contribution in [3.63, 3.8) is 0 Å². The highest BCUT2D eigenvalue weighted by molar-refractivity contribution is 6.22. The van der Waals surface area contributed by atoms with Crippen molar-refractivity contribution in [2.75, 3.05) is 25.5 Å². The fourth-order valence-electron chi connectivity index (χ4n) is 9.99. The van der Waals surface area contributed by atoms with Crippen molar-refractivity contribution in [2.24, 2.45) is 29.0 Å². The minimum atomic E-state index is -0.901. The van der Waals surface area contributed by atoms with Crippen molar-refractivity contribution in [3.05, 3.63) is 77.4 Å². The highest BCUT2D eigenvalue weighted by atomic mass is 16.2. The number of fused-ring (bicyclic) bond motifs is 1. The second-order valence-corrected chi connectivity index (χ2v) is 17.9. The number of likely N-dealkylation sites (N-methyl/N-ethyl adjacent to an activating group) is 1. The predicted molar refractivity (Wildman–Crippen MR) is 242 cm³/mol. The molecule has 61 heavy (non-hydrogen) atoms. The van der Waals surface area contributed by atoms with Crippen LogP contribution < -0.4 is 33.2 Å². The topological polar surface area (TPSA) is 203 Å². The lowest BCUT2D eigenvalue weighted by atomic mass is 9.81. The molecule has 1 heterocycles. The Morgan fingerprint density at radius 3 is 2.03 bits per heavy atom. The Labute approximate surface area is 361 Å². The standard InChI is InChI=1S/C49H69N7O5/c1-53-41(30-34-20-9-4-10-21-34)48(60)54-40(24-13-14-26-50)49(61)56-27-15-25-42(56)45(57)37-31-35-22-11-12-23-36(35)44(55-47(59)39(52)29-33-18-7-3-8-19-33)43(37)46(58)38(51)28-32-16-5-2-6-17-32/h4,9-12,20-23,31-33,38-42,53H,2-3,5-8,13-19,24-30,50-52H2,1H3,(H,54,60)(H,55,59)/t38-,39+,40+,41+,42+/m1/s1. The second-order valence-electron chi connectivity index (χ2n) is 17.9. The molecule has 3 amide bonds. The number of amides is 3. The lowest BCUT2D eigenvalue weighted by Gasteiger charge is -2.31. The molecule has 1 aliphatic heterocycles. The number of nitrogens with two attached hydrogens (primary N) is 3. The maximum absolute atomic E-state index is 15.2. The molecule has 0 spiro atoms. The van der Waals surface area contributed by atoms with Gasteiger partial charge in [-0.1, -0.05) is 119 Å². The first-order valence-electron chi connectivity index (χ1n) is 23.1. The van der Waals surface area contributed by atoms with E-state index in [-0.39, 0.29) is 28.6 Å². The van der Waals surface area contributed by atoms with E-state index < -0.39 is 47.7 Å². The monoisotopic (exact) mass is 836 g/mol. The van der Waals surface area contributed by atoms with Gasteiger partial charge in [0.25, 0.3) is 0 Å². The maximum Gasteiger partial charge on any atom is 0.245 e. The number of rotatable bonds is 20. The van der Waals surface area contributed by atoms with Gasteiger partial charge in [0.1, 0.15) is 6.04 Å². The summed E-state index contributed by atoms with van der Waals surface area (Å²) in [5, 5.41) is 10.5. The van der Waals surface area contributed by atoms with Gasteiger partial charge in [-0.3, -0.25) is 24.0 Å². The molecule has 5 atom stereocenters. The van der Waals surface area contributed by atoms with Crippen LogP contribution in [0, 0.1) is 11.8 Å². The number of Topliss-reactive ketones (excluding diaryl/α,β-unsaturated/α-hetero) is 2. The van der Waals surface area contributed by atoms with Gasteiger partial charge in [-0.05, 0) is 93.8 Å². The zero-order valence-corrected chi connectivity index (χ0v) is 36.2. The molecular formula is C49H69N7O5. The number of nitrogens with one attached hydrogen (secondary N) is 3. The summed E-state index contributed by atoms with van der Waals surface area (Å²) < 4.78 is 0. The van der Waals surface area contributed by atoms with Gasteiger partial charge in [-0.25, -0.2) is 0 Å². The van der Waals surface area contributed by atoms with E-state index in [1.807, 2.05) is 54.6 Å². The van der Waals surface area contributed by atoms with Gasteiger partial charge < -0.3 is 38.1 Å². The summed E-state index contributed by atoms with van der Waals surface area (Å²) in [5.74, 6) is -1.22. The largest absolute Gasteiger partial charge is 0.343 e. The van der Waals surface area contributed by atoms with E-state index in [1.54, 1.807) is 18.0 Å². The van der Waals surface area contributed by atoms with Crippen LogP contribution in [0.2, 0.25) is 0 Å². The zero-order chi connectivity index (χ0) is 43.3. The van der Waals surface area contributed by atoms with E-state index in [1.165, 1.54) is 6.42 Å². The van der Waals surface area contributed by atoms with Crippen LogP contribution >= 0.6 is 0 Å². The Morgan fingerprint density at radius 1 is 0.738 bits per heavy atom. The molecule has 12 heteroatoms. The van der Waals surface area contributed by atoms with Crippen molar-refractivity contribution in [1.29, 1.82) is 0 Å². The Balaban J connectivity index is 1.33. The number of carbonyl (C=O) groups excluding carboxylic acids is 5. The van der Waals surface area contributed by atoms with Crippen LogP contribution in [0.1, 0.15) is 135 Å². The van der Waals surface area contributed by atoms with Crippen LogP contribution in [-0.4, -0.2) is 84.5 Å². The number of likely N-dealkylation sites (tertiary alicyclic amines) is 1. The summed E-state index contributed by atoms with van der Waals surface area (Å²) in [6, 6.07) is 14.7. The second kappa shape index (κ2) is 22.6. The van der Waals surface area contributed by atoms with Gasteiger partial charge in [-0.15, -0.1) is 0 Å². The number of anilines is 1. The van der Waals surface area contributed by atoms with Crippen molar-refractivity contribution in [2.45, 2.75) is 146 Å². The molecule has 12 nitrogen and oxygen atoms in total. The minimum absolute atomic E-state index is 0.0788. The van der Waals surface area contributed by atoms with Crippen LogP contribution in [0.5, 0.6) is 0 Å². The maximum atomic E-state index is 15.2. The summed E-state index contributed by atoms with van der Waals surface area (Å²) in [5.41, 5.74) is 20.7. The number of ketones is 2. The van der Waals surface area contributed by atoms with Crippen molar-refractivity contribution >= 4 is 45.7 Å². The molecule has 0 unspecified atom stereocenters. The van der Waals surface area contributed by atoms with Crippen molar-refractivity contribution in [3.8, 4) is 0 Å². The third-order valence-corrected chi connectivity index (χ3v) is 13.5. The molecule has 2 aliphatic carbocycles. The fraction of sp³-hybridized carbons (Fsp3) is 0.571. The lowest BCUT2D eigenvalue weighted by molar-refractivity contribution is -0.137. The average Bonchev–Trinajstić information content (AvgIpc) is 3.78. The molecule has 330 valence electrons. The van der Waals surface area contributed by atoms with E-state index in [0.717, 1.165) is 63.4 Å². The third-order valence-electron chi connectivity index (χ3n) is 13.5. The van der Waals surface area contributed by atoms with Gasteiger partial charge in [0, 0.05) is 17.5 Å². The number of benzene rings is 3. The number of carbonyl (C=O) groups is 5. The number of hydrogen-bond donors (Lipinski definition) is 6. The smallest absolute Gasteiger partial charge is 0.245 e. The summed E-state index contributed by atoms with van der Waals surface area (Å²) >= 11 is 0. The first-order chi connectivity index (χ1) is 29.6. The van der Waals surface area contributed by atoms with Crippen LogP contribution in [0.4, 0.5) is 5.69 Å². The number of unbranched alkanes of at least 4 members (excludes halogenated alkanes) is 1. The molecule has 3 aliphatic rings. The SMILES string of the molecule is CN[C@@H](Cc1ccccc1)C(=O)N[C@@H](CCCCN)C(=O)N1CCC[C@H]1C(=O)c1cc2ccccc2c(NC(=O)[C@@H](N)CC2CCCCC2)c1C(=O)[C@H](N)CC1CCCCC1.